The van der Waals surface area contributed by atoms with Crippen LogP contribution in [0.1, 0.15) is 62.4 Å². The second-order valence-corrected chi connectivity index (χ2v) is 7.51. The fourth-order valence-corrected chi connectivity index (χ4v) is 4.31. The minimum Gasteiger partial charge on any atom is -0.381 e. The molecule has 2 amide bonds. The summed E-state index contributed by atoms with van der Waals surface area (Å²) in [5, 5.41) is 6.23. The standard InChI is InChI=1S/C18H26N4O2/c1-12-19-11-14(16(20-12)13-4-5-13)21-17(23)22-15-3-2-6-18(15)7-9-24-10-8-18/h11,13,15H,2-10H2,1H3,(H2,21,22,23)/t15-/m1/s1. The monoisotopic (exact) mass is 330 g/mol. The van der Waals surface area contributed by atoms with E-state index in [0.717, 1.165) is 62.5 Å². The number of carbonyl (C=O) groups is 1. The van der Waals surface area contributed by atoms with Gasteiger partial charge < -0.3 is 15.4 Å². The molecule has 1 atom stereocenters. The average Bonchev–Trinajstić information content (AvgIpc) is 3.36. The number of carbonyl (C=O) groups excluding carboxylic acids is 1. The summed E-state index contributed by atoms with van der Waals surface area (Å²) in [4.78, 5) is 21.3. The molecule has 2 N–H and O–H groups in total. The topological polar surface area (TPSA) is 76.1 Å². The minimum absolute atomic E-state index is 0.123. The number of anilines is 1. The van der Waals surface area contributed by atoms with Crippen molar-refractivity contribution in [1.82, 2.24) is 15.3 Å². The van der Waals surface area contributed by atoms with Crippen molar-refractivity contribution in [2.75, 3.05) is 18.5 Å². The molecule has 0 aromatic carbocycles. The van der Waals surface area contributed by atoms with Gasteiger partial charge >= 0.3 is 6.03 Å². The molecule has 0 bridgehead atoms. The van der Waals surface area contributed by atoms with Crippen molar-refractivity contribution in [2.45, 2.75) is 63.8 Å². The van der Waals surface area contributed by atoms with Gasteiger partial charge in [0.1, 0.15) is 5.82 Å². The lowest BCUT2D eigenvalue weighted by Gasteiger charge is -2.39. The Morgan fingerprint density at radius 3 is 2.79 bits per heavy atom. The van der Waals surface area contributed by atoms with Crippen LogP contribution < -0.4 is 10.6 Å². The first kappa shape index (κ1) is 15.8. The van der Waals surface area contributed by atoms with Gasteiger partial charge in [-0.15, -0.1) is 0 Å². The van der Waals surface area contributed by atoms with E-state index in [-0.39, 0.29) is 17.5 Å². The molecule has 3 fully saturated rings. The Labute approximate surface area is 142 Å². The van der Waals surface area contributed by atoms with Crippen LogP contribution in [0.4, 0.5) is 10.5 Å². The molecule has 6 nitrogen and oxygen atoms in total. The first-order chi connectivity index (χ1) is 11.7. The van der Waals surface area contributed by atoms with Gasteiger partial charge in [0, 0.05) is 25.2 Å². The highest BCUT2D eigenvalue weighted by molar-refractivity contribution is 5.90. The van der Waals surface area contributed by atoms with Crippen molar-refractivity contribution in [2.24, 2.45) is 5.41 Å². The molecule has 2 saturated carbocycles. The fraction of sp³-hybridized carbons (Fsp3) is 0.722. The van der Waals surface area contributed by atoms with Crippen LogP contribution >= 0.6 is 0 Å². The average molecular weight is 330 g/mol. The van der Waals surface area contributed by atoms with Gasteiger partial charge in [-0.2, -0.15) is 0 Å². The third-order valence-corrected chi connectivity index (χ3v) is 5.85. The molecule has 24 heavy (non-hydrogen) atoms. The van der Waals surface area contributed by atoms with Crippen LogP contribution in [0.2, 0.25) is 0 Å². The number of aryl methyl sites for hydroxylation is 1. The molecule has 1 spiro atoms. The molecule has 4 rings (SSSR count). The predicted octanol–water partition coefficient (Wildman–Crippen LogP) is 3.13. The third kappa shape index (κ3) is 3.11. The van der Waals surface area contributed by atoms with E-state index in [0.29, 0.717) is 5.92 Å². The first-order valence-corrected chi connectivity index (χ1v) is 9.15. The molecule has 0 radical (unpaired) electrons. The zero-order chi connectivity index (χ0) is 16.6. The molecular formula is C18H26N4O2. The summed E-state index contributed by atoms with van der Waals surface area (Å²) in [6, 6.07) is 0.124. The number of nitrogens with zero attached hydrogens (tertiary/aromatic N) is 2. The van der Waals surface area contributed by atoms with Gasteiger partial charge in [0.05, 0.1) is 17.6 Å². The molecular weight excluding hydrogens is 304 g/mol. The zero-order valence-electron chi connectivity index (χ0n) is 14.3. The lowest BCUT2D eigenvalue weighted by molar-refractivity contribution is 0.00652. The highest BCUT2D eigenvalue weighted by Gasteiger charge is 2.44. The number of ether oxygens (including phenoxy) is 1. The Kier molecular flexibility index (Phi) is 4.16. The Hall–Kier alpha value is -1.69. The Balaban J connectivity index is 1.43. The molecule has 6 heteroatoms. The smallest absolute Gasteiger partial charge is 0.319 e. The quantitative estimate of drug-likeness (QED) is 0.893. The molecule has 0 unspecified atom stereocenters. The largest absolute Gasteiger partial charge is 0.381 e. The van der Waals surface area contributed by atoms with E-state index in [1.807, 2.05) is 6.92 Å². The van der Waals surface area contributed by atoms with Crippen molar-refractivity contribution in [3.8, 4) is 0 Å². The molecule has 1 aromatic heterocycles. The Bertz CT molecular complexity index is 623. The van der Waals surface area contributed by atoms with Gasteiger partial charge in [0.2, 0.25) is 0 Å². The van der Waals surface area contributed by atoms with Gasteiger partial charge in [-0.05, 0) is 50.9 Å². The van der Waals surface area contributed by atoms with Crippen LogP contribution in [0, 0.1) is 12.3 Å². The maximum Gasteiger partial charge on any atom is 0.319 e. The maximum absolute atomic E-state index is 12.6. The van der Waals surface area contributed by atoms with Crippen LogP contribution in [0.3, 0.4) is 0 Å². The van der Waals surface area contributed by atoms with Crippen LogP contribution in [-0.2, 0) is 4.74 Å². The first-order valence-electron chi connectivity index (χ1n) is 9.15. The fourth-order valence-electron chi connectivity index (χ4n) is 4.31. The van der Waals surface area contributed by atoms with E-state index in [2.05, 4.69) is 20.6 Å². The van der Waals surface area contributed by atoms with Gasteiger partial charge in [-0.3, -0.25) is 0 Å². The lowest BCUT2D eigenvalue weighted by atomic mass is 9.75. The second-order valence-electron chi connectivity index (χ2n) is 7.51. The minimum atomic E-state index is -0.123. The van der Waals surface area contributed by atoms with Gasteiger partial charge in [-0.1, -0.05) is 6.42 Å². The number of nitrogens with one attached hydrogen (secondary N) is 2. The molecule has 3 aliphatic rings. The van der Waals surface area contributed by atoms with Gasteiger partial charge in [0.15, 0.2) is 0 Å². The van der Waals surface area contributed by atoms with Crippen molar-refractivity contribution in [3.63, 3.8) is 0 Å². The molecule has 130 valence electrons. The summed E-state index contributed by atoms with van der Waals surface area (Å²) in [6.07, 6.45) is 9.60. The van der Waals surface area contributed by atoms with Crippen LogP contribution in [0.15, 0.2) is 6.20 Å². The van der Waals surface area contributed by atoms with Crippen molar-refractivity contribution in [3.05, 3.63) is 17.7 Å². The summed E-state index contributed by atoms with van der Waals surface area (Å²) >= 11 is 0. The highest BCUT2D eigenvalue weighted by atomic mass is 16.5. The summed E-state index contributed by atoms with van der Waals surface area (Å²) in [7, 11) is 0. The number of rotatable bonds is 3. The van der Waals surface area contributed by atoms with Gasteiger partial charge in [0.25, 0.3) is 0 Å². The normalized spacial score (nSPS) is 25.6. The van der Waals surface area contributed by atoms with E-state index in [4.69, 9.17) is 4.74 Å². The third-order valence-electron chi connectivity index (χ3n) is 5.85. The summed E-state index contributed by atoms with van der Waals surface area (Å²) < 4.78 is 5.52. The zero-order valence-corrected chi connectivity index (χ0v) is 14.3. The Morgan fingerprint density at radius 1 is 1.25 bits per heavy atom. The Morgan fingerprint density at radius 2 is 2.04 bits per heavy atom. The van der Waals surface area contributed by atoms with Crippen LogP contribution in [-0.4, -0.2) is 35.3 Å². The van der Waals surface area contributed by atoms with E-state index < -0.39 is 0 Å². The van der Waals surface area contributed by atoms with Crippen LogP contribution in [0.25, 0.3) is 0 Å². The number of hydrogen-bond donors (Lipinski definition) is 2. The van der Waals surface area contributed by atoms with Gasteiger partial charge in [-0.25, -0.2) is 14.8 Å². The molecule has 1 saturated heterocycles. The maximum atomic E-state index is 12.6. The summed E-state index contributed by atoms with van der Waals surface area (Å²) in [6.45, 7) is 3.53. The second kappa shape index (κ2) is 6.31. The van der Waals surface area contributed by atoms with Crippen molar-refractivity contribution >= 4 is 11.7 Å². The summed E-state index contributed by atoms with van der Waals surface area (Å²) in [5.41, 5.74) is 1.99. The SMILES string of the molecule is Cc1ncc(NC(=O)N[C@@H]2CCCC23CCOCC3)c(C2CC2)n1. The van der Waals surface area contributed by atoms with Crippen LogP contribution in [0.5, 0.6) is 0 Å². The van der Waals surface area contributed by atoms with E-state index >= 15 is 0 Å². The lowest BCUT2D eigenvalue weighted by Crippen LogP contribution is -2.48. The molecule has 1 aliphatic heterocycles. The highest BCUT2D eigenvalue weighted by Crippen LogP contribution is 2.46. The molecule has 2 heterocycles. The number of hydrogen-bond acceptors (Lipinski definition) is 4. The summed E-state index contributed by atoms with van der Waals surface area (Å²) in [5.74, 6) is 1.25. The van der Waals surface area contributed by atoms with E-state index in [9.17, 15) is 4.79 Å². The van der Waals surface area contributed by atoms with Crippen molar-refractivity contribution in [1.29, 1.82) is 0 Å². The number of urea groups is 1. The van der Waals surface area contributed by atoms with E-state index in [1.54, 1.807) is 6.20 Å². The number of aromatic nitrogens is 2. The van der Waals surface area contributed by atoms with Crippen molar-refractivity contribution < 1.29 is 9.53 Å². The number of amides is 2. The predicted molar refractivity (Wildman–Crippen MR) is 91.0 cm³/mol. The van der Waals surface area contributed by atoms with E-state index in [1.165, 1.54) is 12.8 Å². The molecule has 1 aromatic rings. The molecule has 2 aliphatic carbocycles.